The molecule has 0 fully saturated rings. The van der Waals surface area contributed by atoms with Crippen LogP contribution in [0.5, 0.6) is 5.75 Å². The maximum absolute atomic E-state index is 12.9. The Morgan fingerprint density at radius 1 is 0.852 bits per heavy atom. The predicted octanol–water partition coefficient (Wildman–Crippen LogP) is 6.26. The van der Waals surface area contributed by atoms with Gasteiger partial charge < -0.3 is 4.74 Å². The molecule has 0 N–H and O–H groups in total. The number of para-hydroxylation sites is 2. The Bertz CT molecular complexity index is 839. The first kappa shape index (κ1) is 18.5. The Morgan fingerprint density at radius 3 is 2.00 bits per heavy atom. The van der Waals surface area contributed by atoms with Crippen LogP contribution >= 0.6 is 0 Å². The number of benzene rings is 3. The highest BCUT2D eigenvalue weighted by molar-refractivity contribution is 5.95. The molecule has 0 aromatic heterocycles. The van der Waals surface area contributed by atoms with Crippen LogP contribution in [0.1, 0.15) is 24.5 Å². The average molecular weight is 360 g/mol. The van der Waals surface area contributed by atoms with Gasteiger partial charge in [-0.3, -0.25) is 5.11 Å². The summed E-state index contributed by atoms with van der Waals surface area (Å²) in [6, 6.07) is 23.8. The first-order valence-corrected chi connectivity index (χ1v) is 9.05. The van der Waals surface area contributed by atoms with Crippen LogP contribution in [0.2, 0.25) is 0 Å². The largest absolute Gasteiger partial charge is 0.444 e. The molecule has 0 aliphatic heterocycles. The summed E-state index contributed by atoms with van der Waals surface area (Å²) < 4.78 is 5.59. The van der Waals surface area contributed by atoms with Crippen molar-refractivity contribution in [2.75, 3.05) is 4.90 Å². The van der Waals surface area contributed by atoms with E-state index in [4.69, 9.17) is 4.74 Å². The number of rotatable bonds is 6. The molecule has 0 saturated carbocycles. The molecule has 3 rings (SSSR count). The molecule has 1 radical (unpaired) electrons. The molecule has 0 aliphatic carbocycles. The first-order chi connectivity index (χ1) is 13.2. The second-order valence-corrected chi connectivity index (χ2v) is 6.20. The van der Waals surface area contributed by atoms with E-state index in [9.17, 15) is 9.90 Å². The Balaban J connectivity index is 1.83. The number of amides is 1. The van der Waals surface area contributed by atoms with Crippen molar-refractivity contribution in [1.29, 1.82) is 0 Å². The minimum atomic E-state index is -0.480. The van der Waals surface area contributed by atoms with Crippen molar-refractivity contribution in [2.24, 2.45) is 0 Å². The Kier molecular flexibility index (Phi) is 6.10. The predicted molar refractivity (Wildman–Crippen MR) is 106 cm³/mol. The van der Waals surface area contributed by atoms with Crippen LogP contribution in [0.15, 0.2) is 78.9 Å². The molecule has 0 bridgehead atoms. The van der Waals surface area contributed by atoms with Gasteiger partial charge in [0.05, 0.1) is 11.4 Å². The molecular formula is C23H22NO3. The fourth-order valence-corrected chi connectivity index (χ4v) is 3.00. The zero-order valence-corrected chi connectivity index (χ0v) is 15.3. The van der Waals surface area contributed by atoms with Crippen LogP contribution < -0.4 is 4.90 Å². The van der Waals surface area contributed by atoms with Crippen LogP contribution in [0.4, 0.5) is 16.2 Å². The molecule has 0 heterocycles. The number of ether oxygens (including phenoxy) is 1. The lowest BCUT2D eigenvalue weighted by atomic mass is 10.0. The van der Waals surface area contributed by atoms with Crippen LogP contribution in [-0.4, -0.2) is 6.09 Å². The quantitative estimate of drug-likeness (QED) is 0.521. The summed E-state index contributed by atoms with van der Waals surface area (Å²) in [5.74, 6) is -0.00614. The molecule has 0 atom stereocenters. The monoisotopic (exact) mass is 360 g/mol. The van der Waals surface area contributed by atoms with E-state index in [2.05, 4.69) is 0 Å². The topological polar surface area (TPSA) is 49.4 Å². The van der Waals surface area contributed by atoms with E-state index in [0.29, 0.717) is 6.42 Å². The summed E-state index contributed by atoms with van der Waals surface area (Å²) in [6.07, 6.45) is 1.06. The minimum Gasteiger partial charge on any atom is -0.444 e. The normalized spacial score (nSPS) is 10.4. The van der Waals surface area contributed by atoms with E-state index in [-0.39, 0.29) is 12.4 Å². The third kappa shape index (κ3) is 4.47. The Hall–Kier alpha value is -3.27. The minimum absolute atomic E-state index is 0.00614. The fraction of sp³-hybridized carbons (Fsp3) is 0.174. The molecule has 1 amide bonds. The maximum atomic E-state index is 12.9. The maximum Gasteiger partial charge on any atom is 0.419 e. The van der Waals surface area contributed by atoms with Crippen LogP contribution in [0.25, 0.3) is 0 Å². The van der Waals surface area contributed by atoms with Crippen LogP contribution in [0, 0.1) is 0 Å². The van der Waals surface area contributed by atoms with Gasteiger partial charge in [-0.05, 0) is 42.3 Å². The zero-order chi connectivity index (χ0) is 19.1. The summed E-state index contributed by atoms with van der Waals surface area (Å²) in [4.78, 5) is 14.4. The molecule has 3 aromatic carbocycles. The average Bonchev–Trinajstić information content (AvgIpc) is 2.70. The standard InChI is InChI=1S/C23H22NO3/c1-2-10-21-18(11-9-16-22(21)25)17-27-23(26)24(19-12-5-3-6-13-19)20-14-7-4-8-15-20/h3-9,11-16H,2,10,17H2,1H3. The SMILES string of the molecule is CCCc1c([O])cccc1COC(=O)N(c1ccccc1)c1ccccc1. The van der Waals surface area contributed by atoms with Gasteiger partial charge in [-0.1, -0.05) is 61.9 Å². The number of hydrogen-bond donors (Lipinski definition) is 0. The summed E-state index contributed by atoms with van der Waals surface area (Å²) in [6.45, 7) is 2.09. The Labute approximate surface area is 159 Å². The van der Waals surface area contributed by atoms with Gasteiger partial charge in [0.15, 0.2) is 5.75 Å². The van der Waals surface area contributed by atoms with E-state index in [1.54, 1.807) is 12.1 Å². The summed E-state index contributed by atoms with van der Waals surface area (Å²) >= 11 is 0. The van der Waals surface area contributed by atoms with Gasteiger partial charge in [-0.15, -0.1) is 0 Å². The van der Waals surface area contributed by atoms with E-state index in [1.165, 1.54) is 4.90 Å². The number of carbonyl (C=O) groups excluding carboxylic acids is 1. The lowest BCUT2D eigenvalue weighted by Crippen LogP contribution is -2.26. The molecule has 0 spiro atoms. The van der Waals surface area contributed by atoms with E-state index in [1.807, 2.05) is 73.7 Å². The second-order valence-electron chi connectivity index (χ2n) is 6.20. The molecule has 0 saturated heterocycles. The fourth-order valence-electron chi connectivity index (χ4n) is 3.00. The van der Waals surface area contributed by atoms with Gasteiger partial charge in [0, 0.05) is 5.56 Å². The van der Waals surface area contributed by atoms with Gasteiger partial charge in [-0.25, -0.2) is 9.69 Å². The summed E-state index contributed by atoms with van der Waals surface area (Å²) in [5, 5.41) is 12.1. The zero-order valence-electron chi connectivity index (χ0n) is 15.3. The second kappa shape index (κ2) is 8.90. The summed E-state index contributed by atoms with van der Waals surface area (Å²) in [7, 11) is 0. The molecule has 0 unspecified atom stereocenters. The van der Waals surface area contributed by atoms with E-state index < -0.39 is 6.09 Å². The first-order valence-electron chi connectivity index (χ1n) is 9.05. The number of carbonyl (C=O) groups is 1. The summed E-state index contributed by atoms with van der Waals surface area (Å²) in [5.41, 5.74) is 2.93. The van der Waals surface area contributed by atoms with Crippen LogP contribution in [0.3, 0.4) is 0 Å². The number of hydrogen-bond acceptors (Lipinski definition) is 2. The molecule has 0 aliphatic rings. The molecule has 137 valence electrons. The van der Waals surface area contributed by atoms with Gasteiger partial charge in [0.25, 0.3) is 0 Å². The molecule has 4 nitrogen and oxygen atoms in total. The van der Waals surface area contributed by atoms with Crippen molar-refractivity contribution < 1.29 is 14.6 Å². The van der Waals surface area contributed by atoms with Crippen molar-refractivity contribution in [3.63, 3.8) is 0 Å². The van der Waals surface area contributed by atoms with Crippen molar-refractivity contribution in [3.8, 4) is 5.75 Å². The van der Waals surface area contributed by atoms with Crippen molar-refractivity contribution in [3.05, 3.63) is 90.0 Å². The van der Waals surface area contributed by atoms with Crippen LogP contribution in [-0.2, 0) is 22.9 Å². The van der Waals surface area contributed by atoms with Gasteiger partial charge >= 0.3 is 6.09 Å². The highest BCUT2D eigenvalue weighted by Gasteiger charge is 2.20. The molecular weight excluding hydrogens is 338 g/mol. The van der Waals surface area contributed by atoms with E-state index in [0.717, 1.165) is 28.9 Å². The highest BCUT2D eigenvalue weighted by atomic mass is 16.6. The van der Waals surface area contributed by atoms with Gasteiger partial charge in [0.1, 0.15) is 6.61 Å². The van der Waals surface area contributed by atoms with E-state index >= 15 is 0 Å². The highest BCUT2D eigenvalue weighted by Crippen LogP contribution is 2.28. The van der Waals surface area contributed by atoms with Crippen molar-refractivity contribution >= 4 is 17.5 Å². The van der Waals surface area contributed by atoms with Gasteiger partial charge in [0.2, 0.25) is 0 Å². The lowest BCUT2D eigenvalue weighted by Gasteiger charge is -2.22. The third-order valence-corrected chi connectivity index (χ3v) is 4.29. The molecule has 3 aromatic rings. The number of nitrogens with zero attached hydrogens (tertiary/aromatic N) is 1. The number of anilines is 2. The smallest absolute Gasteiger partial charge is 0.419 e. The Morgan fingerprint density at radius 2 is 1.44 bits per heavy atom. The molecule has 4 heteroatoms. The molecule has 27 heavy (non-hydrogen) atoms. The van der Waals surface area contributed by atoms with Gasteiger partial charge in [-0.2, -0.15) is 0 Å². The van der Waals surface area contributed by atoms with Crippen molar-refractivity contribution in [2.45, 2.75) is 26.4 Å². The van der Waals surface area contributed by atoms with Crippen molar-refractivity contribution in [1.82, 2.24) is 0 Å². The third-order valence-electron chi connectivity index (χ3n) is 4.29. The lowest BCUT2D eigenvalue weighted by molar-refractivity contribution is 0.149.